The van der Waals surface area contributed by atoms with E-state index in [9.17, 15) is 13.2 Å². The molecule has 2 aromatic heterocycles. The van der Waals surface area contributed by atoms with Crippen molar-refractivity contribution < 1.29 is 17.6 Å². The van der Waals surface area contributed by atoms with Gasteiger partial charge in [0, 0.05) is 35.0 Å². The zero-order valence-corrected chi connectivity index (χ0v) is 18.3. The number of nitrogens with one attached hydrogen (secondary N) is 1. The van der Waals surface area contributed by atoms with Gasteiger partial charge in [-0.25, -0.2) is 22.9 Å². The third-order valence-electron chi connectivity index (χ3n) is 4.65. The lowest BCUT2D eigenvalue weighted by atomic mass is 9.99. The zero-order valence-electron chi connectivity index (χ0n) is 16.7. The van der Waals surface area contributed by atoms with Crippen LogP contribution in [0.25, 0.3) is 15.7 Å². The van der Waals surface area contributed by atoms with E-state index in [4.69, 9.17) is 9.15 Å². The van der Waals surface area contributed by atoms with Crippen molar-refractivity contribution in [1.82, 2.24) is 9.71 Å². The molecule has 4 aromatic rings. The van der Waals surface area contributed by atoms with E-state index >= 15 is 0 Å². The minimum Gasteiger partial charge on any atom is -0.564 e. The fourth-order valence-corrected chi connectivity index (χ4v) is 4.10. The van der Waals surface area contributed by atoms with Crippen LogP contribution in [-0.2, 0) is 16.6 Å². The Hall–Kier alpha value is -3.21. The second-order valence-electron chi connectivity index (χ2n) is 6.67. The highest BCUT2D eigenvalue weighted by Gasteiger charge is 2.13. The van der Waals surface area contributed by atoms with E-state index in [1.807, 2.05) is 18.4 Å². The van der Waals surface area contributed by atoms with E-state index < -0.39 is 15.8 Å². The lowest BCUT2D eigenvalue weighted by Crippen LogP contribution is -2.15. The summed E-state index contributed by atoms with van der Waals surface area (Å²) in [4.78, 5) is 16.8. The van der Waals surface area contributed by atoms with E-state index in [0.717, 1.165) is 16.5 Å². The van der Waals surface area contributed by atoms with Gasteiger partial charge in [-0.1, -0.05) is 35.6 Å². The first-order valence-electron chi connectivity index (χ1n) is 9.24. The Morgan fingerprint density at radius 3 is 2.81 bits per heavy atom. The average Bonchev–Trinajstić information content (AvgIpc) is 3.24. The van der Waals surface area contributed by atoms with Gasteiger partial charge in [0.05, 0.1) is 0 Å². The van der Waals surface area contributed by atoms with Crippen LogP contribution in [0.4, 0.5) is 5.69 Å². The van der Waals surface area contributed by atoms with Crippen LogP contribution >= 0.6 is 11.3 Å². The molecule has 0 aliphatic heterocycles. The van der Waals surface area contributed by atoms with Gasteiger partial charge >= 0.3 is 5.63 Å². The van der Waals surface area contributed by atoms with Crippen molar-refractivity contribution in [2.45, 2.75) is 13.3 Å². The summed E-state index contributed by atoms with van der Waals surface area (Å²) in [6, 6.07) is 12.0. The van der Waals surface area contributed by atoms with Gasteiger partial charge in [-0.2, -0.15) is 0 Å². The lowest BCUT2D eigenvalue weighted by molar-refractivity contribution is 0.476. The normalized spacial score (nSPS) is 11.5. The van der Waals surface area contributed by atoms with Crippen molar-refractivity contribution in [1.29, 1.82) is 0 Å². The second kappa shape index (κ2) is 8.50. The lowest BCUT2D eigenvalue weighted by Gasteiger charge is -2.21. The first-order chi connectivity index (χ1) is 14.8. The Morgan fingerprint density at radius 2 is 2.06 bits per heavy atom. The van der Waals surface area contributed by atoms with E-state index in [2.05, 4.69) is 14.4 Å². The molecule has 0 saturated heterocycles. The average molecular weight is 457 g/mol. The van der Waals surface area contributed by atoms with E-state index in [1.165, 1.54) is 18.4 Å². The van der Waals surface area contributed by atoms with Crippen molar-refractivity contribution in [2.24, 2.45) is 0 Å². The topological polar surface area (TPSA) is 113 Å². The molecule has 10 heteroatoms. The molecule has 0 bridgehead atoms. The summed E-state index contributed by atoms with van der Waals surface area (Å²) in [6.45, 7) is 1.86. The minimum atomic E-state index is -3.75. The van der Waals surface area contributed by atoms with Crippen LogP contribution in [0, 0.1) is 6.92 Å². The molecule has 8 nitrogen and oxygen atoms in total. The van der Waals surface area contributed by atoms with E-state index in [0.29, 0.717) is 22.1 Å². The number of rotatable bonds is 7. The highest BCUT2D eigenvalue weighted by molar-refractivity contribution is 7.92. The smallest absolute Gasteiger partial charge is 0.340 e. The summed E-state index contributed by atoms with van der Waals surface area (Å²) in [6.07, 6.45) is 1.93. The molecule has 0 fully saturated rings. The van der Waals surface area contributed by atoms with Crippen molar-refractivity contribution in [2.75, 3.05) is 7.05 Å². The Balaban J connectivity index is 1.65. The highest BCUT2D eigenvalue weighted by atomic mass is 32.2. The standard InChI is InChI=1S/C21H18N3O5S2/c1-13-17-7-6-16(28-21-23-8-9-30-21)12-19(17)29-20(25)18(13)11-14-4-3-5-15(10-14)24-31(26,27)22-2/h3-10,12,22H,11H2,1-2H3/q-1. The molecule has 0 aliphatic rings. The maximum absolute atomic E-state index is 12.7. The molecule has 4 rings (SSSR count). The number of aryl methyl sites for hydroxylation is 1. The fraction of sp³-hybridized carbons (Fsp3) is 0.143. The van der Waals surface area contributed by atoms with Gasteiger partial charge in [0.25, 0.3) is 5.19 Å². The van der Waals surface area contributed by atoms with Crippen LogP contribution < -0.4 is 15.1 Å². The molecule has 0 atom stereocenters. The Kier molecular flexibility index (Phi) is 5.77. The highest BCUT2D eigenvalue weighted by Crippen LogP contribution is 2.29. The Bertz CT molecular complexity index is 1400. The molecule has 0 unspecified atom stereocenters. The molecule has 2 aromatic carbocycles. The molecule has 160 valence electrons. The summed E-state index contributed by atoms with van der Waals surface area (Å²) >= 11 is 1.36. The number of aromatic nitrogens is 1. The van der Waals surface area contributed by atoms with E-state index in [-0.39, 0.29) is 12.1 Å². The third kappa shape index (κ3) is 4.76. The number of hydrogen-bond acceptors (Lipinski definition) is 7. The van der Waals surface area contributed by atoms with Gasteiger partial charge in [0.1, 0.15) is 11.3 Å². The maximum Gasteiger partial charge on any atom is 0.340 e. The van der Waals surface area contributed by atoms with Crippen LogP contribution in [0.5, 0.6) is 10.9 Å². The molecule has 1 N–H and O–H groups in total. The van der Waals surface area contributed by atoms with Gasteiger partial charge in [-0.05, 0) is 37.2 Å². The third-order valence-corrected chi connectivity index (χ3v) is 6.26. The molecular weight excluding hydrogens is 438 g/mol. The van der Waals surface area contributed by atoms with Gasteiger partial charge in [0.2, 0.25) is 0 Å². The van der Waals surface area contributed by atoms with Crippen LogP contribution in [0.2, 0.25) is 0 Å². The summed E-state index contributed by atoms with van der Waals surface area (Å²) in [5.74, 6) is 0.526. The predicted octanol–water partition coefficient (Wildman–Crippen LogP) is 4.41. The first-order valence-corrected chi connectivity index (χ1v) is 11.6. The summed E-state index contributed by atoms with van der Waals surface area (Å²) in [7, 11) is -2.46. The molecule has 0 amide bonds. The SMILES string of the molecule is CNS(=O)(=O)[N-]c1cccc(Cc2c(C)c3ccc(Oc4nccs4)cc3oc2=O)c1. The number of thiazole rings is 1. The van der Waals surface area contributed by atoms with Crippen LogP contribution in [0.3, 0.4) is 0 Å². The summed E-state index contributed by atoms with van der Waals surface area (Å²) in [5.41, 5.74) is 2.27. The van der Waals surface area contributed by atoms with Gasteiger partial charge in [-0.15, -0.1) is 5.69 Å². The maximum atomic E-state index is 12.7. The van der Waals surface area contributed by atoms with Gasteiger partial charge in [-0.3, -0.25) is 0 Å². The van der Waals surface area contributed by atoms with Crippen molar-refractivity contribution >= 4 is 38.2 Å². The number of nitrogens with zero attached hydrogens (tertiary/aromatic N) is 2. The van der Waals surface area contributed by atoms with Gasteiger partial charge in [0.15, 0.2) is 10.2 Å². The summed E-state index contributed by atoms with van der Waals surface area (Å²) < 4.78 is 40.4. The number of hydrogen-bond donors (Lipinski definition) is 1. The van der Waals surface area contributed by atoms with Crippen molar-refractivity contribution in [3.05, 3.63) is 85.9 Å². The fourth-order valence-electron chi connectivity index (χ4n) is 3.12. The van der Waals surface area contributed by atoms with Crippen LogP contribution in [-0.4, -0.2) is 20.4 Å². The molecule has 2 heterocycles. The first kappa shape index (κ1) is 21.0. The van der Waals surface area contributed by atoms with Crippen LogP contribution in [0.1, 0.15) is 16.7 Å². The number of fused-ring (bicyclic) bond motifs is 1. The quantitative estimate of drug-likeness (QED) is 0.412. The van der Waals surface area contributed by atoms with E-state index in [1.54, 1.807) is 42.6 Å². The Morgan fingerprint density at radius 1 is 1.23 bits per heavy atom. The molecule has 0 radical (unpaired) electrons. The summed E-state index contributed by atoms with van der Waals surface area (Å²) in [5, 5.41) is 3.10. The number of ether oxygens (including phenoxy) is 1. The number of benzene rings is 2. The van der Waals surface area contributed by atoms with Crippen molar-refractivity contribution in [3.63, 3.8) is 0 Å². The molecular formula is C21H18N3O5S2-. The minimum absolute atomic E-state index is 0.277. The molecule has 31 heavy (non-hydrogen) atoms. The largest absolute Gasteiger partial charge is 0.564 e. The van der Waals surface area contributed by atoms with Crippen LogP contribution in [0.15, 0.2) is 63.3 Å². The van der Waals surface area contributed by atoms with Crippen molar-refractivity contribution in [3.8, 4) is 10.9 Å². The Labute approximate surface area is 182 Å². The predicted molar refractivity (Wildman–Crippen MR) is 120 cm³/mol. The monoisotopic (exact) mass is 456 g/mol. The molecule has 0 aliphatic carbocycles. The second-order valence-corrected chi connectivity index (χ2v) is 9.07. The molecule has 0 saturated carbocycles. The molecule has 0 spiro atoms. The van der Waals surface area contributed by atoms with Gasteiger partial charge < -0.3 is 13.9 Å². The zero-order chi connectivity index (χ0) is 22.0.